The lowest BCUT2D eigenvalue weighted by Crippen LogP contribution is -1.94. The van der Waals surface area contributed by atoms with Gasteiger partial charge < -0.3 is 4.42 Å². The number of furan rings is 1. The zero-order valence-corrected chi connectivity index (χ0v) is 27.1. The lowest BCUT2D eigenvalue weighted by molar-refractivity contribution is 0.669. The zero-order valence-electron chi connectivity index (χ0n) is 26.2. The molecule has 1 aliphatic carbocycles. The molecule has 0 spiro atoms. The molecule has 0 saturated heterocycles. The topological polar surface area (TPSA) is 13.1 Å². The third-order valence-corrected chi connectivity index (χ3v) is 11.0. The molecule has 2 heterocycles. The Labute approximate surface area is 282 Å². The lowest BCUT2D eigenvalue weighted by Gasteiger charge is -2.19. The number of fused-ring (bicyclic) bond motifs is 10. The van der Waals surface area contributed by atoms with Crippen LogP contribution >= 0.6 is 11.3 Å². The van der Waals surface area contributed by atoms with Crippen LogP contribution in [0, 0.1) is 0 Å². The van der Waals surface area contributed by atoms with E-state index in [0.29, 0.717) is 0 Å². The summed E-state index contributed by atoms with van der Waals surface area (Å²) in [4.78, 5) is 0. The minimum Gasteiger partial charge on any atom is -0.456 e. The second-order valence-electron chi connectivity index (χ2n) is 12.7. The van der Waals surface area contributed by atoms with Crippen LogP contribution in [-0.2, 0) is 0 Å². The van der Waals surface area contributed by atoms with Gasteiger partial charge in [0.05, 0.1) is 0 Å². The maximum absolute atomic E-state index is 6.27. The van der Waals surface area contributed by atoms with Crippen LogP contribution in [0.15, 0.2) is 162 Å². The summed E-state index contributed by atoms with van der Waals surface area (Å²) in [5.74, 6) is 0. The molecular weight excluding hydrogens is 601 g/mol. The van der Waals surface area contributed by atoms with Crippen LogP contribution < -0.4 is 0 Å². The number of rotatable bonds is 2. The van der Waals surface area contributed by atoms with Crippen LogP contribution in [0.25, 0.3) is 91.1 Å². The van der Waals surface area contributed by atoms with E-state index in [9.17, 15) is 0 Å². The molecule has 48 heavy (non-hydrogen) atoms. The summed E-state index contributed by atoms with van der Waals surface area (Å²) in [6.45, 7) is 0. The van der Waals surface area contributed by atoms with Gasteiger partial charge in [-0.25, -0.2) is 0 Å². The minimum absolute atomic E-state index is 0.877. The first-order valence-electron chi connectivity index (χ1n) is 16.6. The Bertz CT molecular complexity index is 2830. The first-order valence-corrected chi connectivity index (χ1v) is 17.5. The Morgan fingerprint density at radius 2 is 1.17 bits per heavy atom. The van der Waals surface area contributed by atoms with Crippen molar-refractivity contribution in [3.05, 3.63) is 163 Å². The normalized spacial score (nSPS) is 15.7. The van der Waals surface area contributed by atoms with Gasteiger partial charge in [0.25, 0.3) is 0 Å². The molecular formula is C46H30OS. The maximum atomic E-state index is 6.27. The molecule has 2 aromatic heterocycles. The average Bonchev–Trinajstić information content (AvgIpc) is 3.69. The molecule has 1 aliphatic rings. The van der Waals surface area contributed by atoms with E-state index in [1.165, 1.54) is 85.5 Å². The molecule has 7 aromatic carbocycles. The lowest BCUT2D eigenvalue weighted by atomic mass is 9.84. The summed E-state index contributed by atoms with van der Waals surface area (Å²) in [6, 6.07) is 42.5. The highest BCUT2D eigenvalue weighted by molar-refractivity contribution is 7.25. The van der Waals surface area contributed by atoms with E-state index >= 15 is 0 Å². The highest BCUT2D eigenvalue weighted by Gasteiger charge is 2.19. The largest absolute Gasteiger partial charge is 0.456 e. The second-order valence-corrected chi connectivity index (χ2v) is 13.8. The van der Waals surface area contributed by atoms with E-state index in [0.717, 1.165) is 24.0 Å². The molecule has 0 aliphatic heterocycles. The van der Waals surface area contributed by atoms with Crippen molar-refractivity contribution in [1.29, 1.82) is 0 Å². The molecule has 0 unspecified atom stereocenters. The molecule has 2 heteroatoms. The molecule has 0 saturated carbocycles. The Morgan fingerprint density at radius 3 is 1.98 bits per heavy atom. The standard InChI is InChI=1S/C46H30OS/c1-2-4-6-14-29(15-7-5-3-1)44-32-16-8-10-18-34(32)45(35-19-11-9-17-33(35)44)31-23-25-42-38(26-31)39-28-37-30(27-43(39)48-42)22-24-41-46(37)36-20-12-13-21-40(36)47-41/h1-2,4-13,15-28H,3,14H2/b2-1?,6-4?,7-5-,29-15+. The quantitative estimate of drug-likeness (QED) is 0.173. The van der Waals surface area contributed by atoms with Crippen LogP contribution in [0.2, 0.25) is 0 Å². The maximum Gasteiger partial charge on any atom is 0.136 e. The van der Waals surface area contributed by atoms with E-state index in [2.05, 4.69) is 152 Å². The van der Waals surface area contributed by atoms with Crippen molar-refractivity contribution in [2.24, 2.45) is 0 Å². The number of hydrogen-bond donors (Lipinski definition) is 0. The molecule has 0 radical (unpaired) electrons. The molecule has 0 atom stereocenters. The number of benzene rings is 7. The van der Waals surface area contributed by atoms with Gasteiger partial charge in [-0.05, 0) is 104 Å². The van der Waals surface area contributed by atoms with Gasteiger partial charge in [0.2, 0.25) is 0 Å². The van der Waals surface area contributed by atoms with Gasteiger partial charge in [0.15, 0.2) is 0 Å². The number of para-hydroxylation sites is 1. The van der Waals surface area contributed by atoms with Crippen LogP contribution in [0.3, 0.4) is 0 Å². The predicted octanol–water partition coefficient (Wildman–Crippen LogP) is 13.9. The van der Waals surface area contributed by atoms with Crippen molar-refractivity contribution in [2.75, 3.05) is 0 Å². The summed E-state index contributed by atoms with van der Waals surface area (Å²) < 4.78 is 8.88. The van der Waals surface area contributed by atoms with Gasteiger partial charge in [0, 0.05) is 30.9 Å². The Balaban J connectivity index is 1.24. The van der Waals surface area contributed by atoms with Crippen molar-refractivity contribution >= 4 is 91.3 Å². The van der Waals surface area contributed by atoms with Crippen LogP contribution in [-0.4, -0.2) is 0 Å². The number of hydrogen-bond acceptors (Lipinski definition) is 2. The Kier molecular flexibility index (Phi) is 6.25. The van der Waals surface area contributed by atoms with E-state index < -0.39 is 0 Å². The minimum atomic E-state index is 0.877. The van der Waals surface area contributed by atoms with Crippen molar-refractivity contribution in [1.82, 2.24) is 0 Å². The summed E-state index contributed by atoms with van der Waals surface area (Å²) in [7, 11) is 0. The third-order valence-electron chi connectivity index (χ3n) is 9.92. The first kappa shape index (κ1) is 27.4. The Morgan fingerprint density at radius 1 is 0.479 bits per heavy atom. The highest BCUT2D eigenvalue weighted by Crippen LogP contribution is 2.46. The van der Waals surface area contributed by atoms with Crippen molar-refractivity contribution < 1.29 is 4.42 Å². The molecule has 226 valence electrons. The molecule has 9 aromatic rings. The molecule has 0 bridgehead atoms. The van der Waals surface area contributed by atoms with E-state index in [4.69, 9.17) is 4.42 Å². The molecule has 10 rings (SSSR count). The number of thiophene rings is 1. The van der Waals surface area contributed by atoms with Crippen molar-refractivity contribution in [2.45, 2.75) is 12.8 Å². The van der Waals surface area contributed by atoms with Crippen LogP contribution in [0.4, 0.5) is 0 Å². The van der Waals surface area contributed by atoms with Crippen LogP contribution in [0.5, 0.6) is 0 Å². The van der Waals surface area contributed by atoms with Gasteiger partial charge in [-0.2, -0.15) is 0 Å². The first-order chi connectivity index (χ1) is 23.8. The van der Waals surface area contributed by atoms with E-state index in [1.54, 1.807) is 0 Å². The molecule has 0 amide bonds. The summed E-state index contributed by atoms with van der Waals surface area (Å²) >= 11 is 1.88. The van der Waals surface area contributed by atoms with Gasteiger partial charge in [-0.3, -0.25) is 0 Å². The van der Waals surface area contributed by atoms with Gasteiger partial charge in [-0.1, -0.05) is 121 Å². The average molecular weight is 631 g/mol. The van der Waals surface area contributed by atoms with E-state index in [1.807, 2.05) is 17.4 Å². The highest BCUT2D eigenvalue weighted by atomic mass is 32.1. The van der Waals surface area contributed by atoms with Crippen molar-refractivity contribution in [3.63, 3.8) is 0 Å². The van der Waals surface area contributed by atoms with E-state index in [-0.39, 0.29) is 0 Å². The molecule has 0 fully saturated rings. The fourth-order valence-corrected chi connectivity index (χ4v) is 8.90. The summed E-state index contributed by atoms with van der Waals surface area (Å²) in [6.07, 6.45) is 17.4. The Hall–Kier alpha value is -5.70. The van der Waals surface area contributed by atoms with Gasteiger partial charge in [0.1, 0.15) is 11.2 Å². The van der Waals surface area contributed by atoms with Crippen LogP contribution in [0.1, 0.15) is 18.4 Å². The summed E-state index contributed by atoms with van der Waals surface area (Å²) in [5.41, 5.74) is 7.08. The summed E-state index contributed by atoms with van der Waals surface area (Å²) in [5, 5.41) is 12.6. The monoisotopic (exact) mass is 630 g/mol. The fraction of sp³-hybridized carbons (Fsp3) is 0.0435. The van der Waals surface area contributed by atoms with Crippen molar-refractivity contribution in [3.8, 4) is 11.1 Å². The third kappa shape index (κ3) is 4.23. The second kappa shape index (κ2) is 10.9. The SMILES string of the molecule is C1=CC/C=C\C=C(\c2c3ccccc3c(-c3ccc4sc5cc6ccc7oc8ccccc8c7c6cc5c4c3)c3ccccc23)CC=C1. The van der Waals surface area contributed by atoms with Gasteiger partial charge in [-0.15, -0.1) is 11.3 Å². The smallest absolute Gasteiger partial charge is 0.136 e. The predicted molar refractivity (Wildman–Crippen MR) is 209 cm³/mol. The fourth-order valence-electron chi connectivity index (χ4n) is 7.78. The zero-order chi connectivity index (χ0) is 31.6. The van der Waals surface area contributed by atoms with Gasteiger partial charge >= 0.3 is 0 Å². The molecule has 1 nitrogen and oxygen atoms in total. The molecule has 0 N–H and O–H groups in total. The number of allylic oxidation sites excluding steroid dienone is 8.